The van der Waals surface area contributed by atoms with Crippen molar-refractivity contribution in [3.63, 3.8) is 0 Å². The van der Waals surface area contributed by atoms with Gasteiger partial charge in [0.1, 0.15) is 0 Å². The third-order valence-electron chi connectivity index (χ3n) is 12.1. The Balaban J connectivity index is 0.000000139. The predicted octanol–water partition coefficient (Wildman–Crippen LogP) is 15.6. The minimum atomic E-state index is -1.44. The first-order chi connectivity index (χ1) is 34.3. The molecule has 5 nitrogen and oxygen atoms in total. The smallest absolute Gasteiger partial charge is 0.423 e. The van der Waals surface area contributed by atoms with E-state index in [-0.39, 0.29) is 0 Å². The maximum absolute atomic E-state index is 9.24. The molecule has 0 saturated heterocycles. The van der Waals surface area contributed by atoms with Gasteiger partial charge in [0.2, 0.25) is 0 Å². The van der Waals surface area contributed by atoms with Crippen LogP contribution < -0.4 is 5.46 Å². The summed E-state index contributed by atoms with van der Waals surface area (Å²) in [6.07, 6.45) is 0. The van der Waals surface area contributed by atoms with Gasteiger partial charge in [-0.15, -0.1) is 0 Å². The number of halogens is 3. The van der Waals surface area contributed by atoms with Crippen LogP contribution in [-0.2, 0) is 0 Å². The molecule has 10 aromatic carbocycles. The second-order valence-electron chi connectivity index (χ2n) is 16.4. The van der Waals surface area contributed by atoms with Crippen molar-refractivity contribution in [1.29, 1.82) is 0 Å². The van der Waals surface area contributed by atoms with E-state index in [0.717, 1.165) is 43.9 Å². The standard InChI is InChI=1S/C30H20ClN.C18H14BNO2.C12H8BrCl.CH4O/c31-25-16-12-21(13-17-25)23-6-5-7-24(20-23)22-14-18-26(19-15-22)32-29-10-3-1-8-27(29)28-9-2-4-11-30(28)32;21-19(22)13-9-11-14(12-10-13)20-17-7-3-1-5-15(17)16-6-2-4-8-18(16)20;13-11-3-1-2-10(8-11)9-4-6-12(14)7-5-9;1-2/h1-20H;1-12,21-22H;1-8H;2H,1H3. The normalized spacial score (nSPS) is 10.8. The summed E-state index contributed by atoms with van der Waals surface area (Å²) in [5, 5.41) is 32.0. The minimum Gasteiger partial charge on any atom is -0.423 e. The Hall–Kier alpha value is -7.20. The van der Waals surface area contributed by atoms with Crippen LogP contribution in [0.2, 0.25) is 10.0 Å². The number of nitrogens with zero attached hydrogens (tertiary/aromatic N) is 2. The Morgan fingerprint density at radius 2 is 0.657 bits per heavy atom. The van der Waals surface area contributed by atoms with Crippen molar-refractivity contribution in [3.8, 4) is 44.8 Å². The molecule has 0 aliphatic heterocycles. The Morgan fingerprint density at radius 3 is 1.01 bits per heavy atom. The Kier molecular flexibility index (Phi) is 15.1. The molecule has 0 aliphatic carbocycles. The van der Waals surface area contributed by atoms with Crippen LogP contribution in [0.4, 0.5) is 0 Å². The fraction of sp³-hybridized carbons (Fsp3) is 0.0164. The highest BCUT2D eigenvalue weighted by atomic mass is 79.9. The van der Waals surface area contributed by atoms with Crippen molar-refractivity contribution in [3.05, 3.63) is 257 Å². The number of benzene rings is 10. The SMILES string of the molecule is CO.Clc1ccc(-c2cccc(-c3ccc(-n4c5ccccc5c5ccccc54)cc3)c2)cc1.Clc1ccc(-c2cccc(Br)c2)cc1.OB(O)c1ccc(-n2c3ccccc3c3ccccc32)cc1. The third kappa shape index (κ3) is 10.4. The van der Waals surface area contributed by atoms with Crippen LogP contribution in [0.3, 0.4) is 0 Å². The molecule has 0 atom stereocenters. The van der Waals surface area contributed by atoms with Crippen molar-refractivity contribution in [2.75, 3.05) is 7.11 Å². The van der Waals surface area contributed by atoms with E-state index in [4.69, 9.17) is 28.3 Å². The molecule has 0 radical (unpaired) electrons. The van der Waals surface area contributed by atoms with E-state index in [1.54, 1.807) is 12.1 Å². The van der Waals surface area contributed by atoms with Crippen molar-refractivity contribution >= 4 is 95.3 Å². The van der Waals surface area contributed by atoms with Gasteiger partial charge in [0, 0.05) is 54.5 Å². The van der Waals surface area contributed by atoms with E-state index in [1.165, 1.54) is 66.1 Å². The summed E-state index contributed by atoms with van der Waals surface area (Å²) in [5.74, 6) is 0. The first kappa shape index (κ1) is 47.9. The van der Waals surface area contributed by atoms with Crippen LogP contribution in [-0.4, -0.2) is 38.5 Å². The van der Waals surface area contributed by atoms with E-state index < -0.39 is 7.12 Å². The number of hydrogen-bond acceptors (Lipinski definition) is 3. The van der Waals surface area contributed by atoms with Gasteiger partial charge in [-0.25, -0.2) is 0 Å². The van der Waals surface area contributed by atoms with E-state index in [1.807, 2.05) is 84.9 Å². The van der Waals surface area contributed by atoms with Crippen LogP contribution in [0.15, 0.2) is 247 Å². The van der Waals surface area contributed by atoms with Crippen molar-refractivity contribution in [1.82, 2.24) is 9.13 Å². The molecule has 0 bridgehead atoms. The minimum absolute atomic E-state index is 0.490. The lowest BCUT2D eigenvalue weighted by Crippen LogP contribution is -2.29. The maximum Gasteiger partial charge on any atom is 0.488 e. The molecule has 0 fully saturated rings. The average Bonchev–Trinajstić information content (AvgIpc) is 3.93. The van der Waals surface area contributed by atoms with Crippen LogP contribution in [0, 0.1) is 0 Å². The van der Waals surface area contributed by atoms with Crippen LogP contribution in [0.5, 0.6) is 0 Å². The van der Waals surface area contributed by atoms with Crippen LogP contribution in [0.25, 0.3) is 88.4 Å². The van der Waals surface area contributed by atoms with Gasteiger partial charge in [-0.05, 0) is 130 Å². The van der Waals surface area contributed by atoms with Crippen molar-refractivity contribution in [2.24, 2.45) is 0 Å². The van der Waals surface area contributed by atoms with Crippen LogP contribution >= 0.6 is 39.1 Å². The summed E-state index contributed by atoms with van der Waals surface area (Å²) < 4.78 is 5.63. The largest absolute Gasteiger partial charge is 0.488 e. The highest BCUT2D eigenvalue weighted by molar-refractivity contribution is 9.10. The van der Waals surface area contributed by atoms with E-state index in [9.17, 15) is 10.0 Å². The molecular formula is C61H46BBrCl2N2O3. The van der Waals surface area contributed by atoms with Gasteiger partial charge in [0.15, 0.2) is 0 Å². The monoisotopic (exact) mass is 1010 g/mol. The lowest BCUT2D eigenvalue weighted by Gasteiger charge is -2.10. The van der Waals surface area contributed by atoms with Gasteiger partial charge in [0.25, 0.3) is 0 Å². The number of rotatable bonds is 6. The molecule has 342 valence electrons. The zero-order valence-electron chi connectivity index (χ0n) is 38.0. The quantitative estimate of drug-likeness (QED) is 0.145. The molecule has 70 heavy (non-hydrogen) atoms. The van der Waals surface area contributed by atoms with Crippen molar-refractivity contribution in [2.45, 2.75) is 0 Å². The Morgan fingerprint density at radius 1 is 0.343 bits per heavy atom. The summed E-state index contributed by atoms with van der Waals surface area (Å²) in [5.41, 5.74) is 14.5. The molecule has 12 aromatic rings. The summed E-state index contributed by atoms with van der Waals surface area (Å²) in [7, 11) is -0.438. The third-order valence-corrected chi connectivity index (χ3v) is 13.1. The fourth-order valence-electron chi connectivity index (χ4n) is 8.83. The van der Waals surface area contributed by atoms with Crippen LogP contribution in [0.1, 0.15) is 0 Å². The molecule has 2 heterocycles. The zero-order valence-corrected chi connectivity index (χ0v) is 41.1. The zero-order chi connectivity index (χ0) is 48.6. The summed E-state index contributed by atoms with van der Waals surface area (Å²) in [6.45, 7) is 0. The molecule has 12 rings (SSSR count). The first-order valence-electron chi connectivity index (χ1n) is 22.6. The second-order valence-corrected chi connectivity index (χ2v) is 18.1. The molecule has 3 N–H and O–H groups in total. The van der Waals surface area contributed by atoms with Gasteiger partial charge < -0.3 is 24.3 Å². The molecule has 0 spiro atoms. The van der Waals surface area contributed by atoms with Gasteiger partial charge in [0.05, 0.1) is 22.1 Å². The Bertz CT molecular complexity index is 3580. The molecule has 0 amide bonds. The fourth-order valence-corrected chi connectivity index (χ4v) is 9.48. The van der Waals surface area contributed by atoms with E-state index >= 15 is 0 Å². The number of aliphatic hydroxyl groups is 1. The first-order valence-corrected chi connectivity index (χ1v) is 24.2. The maximum atomic E-state index is 9.24. The molecule has 2 aromatic heterocycles. The average molecular weight is 1020 g/mol. The van der Waals surface area contributed by atoms with Gasteiger partial charge >= 0.3 is 7.12 Å². The van der Waals surface area contributed by atoms with E-state index in [0.29, 0.717) is 5.46 Å². The van der Waals surface area contributed by atoms with E-state index in [2.05, 4.69) is 171 Å². The summed E-state index contributed by atoms with van der Waals surface area (Å²) >= 11 is 15.3. The molecule has 0 aliphatic rings. The highest BCUT2D eigenvalue weighted by Crippen LogP contribution is 2.35. The number of fused-ring (bicyclic) bond motifs is 6. The molecular weight excluding hydrogens is 970 g/mol. The van der Waals surface area contributed by atoms with Gasteiger partial charge in [-0.2, -0.15) is 0 Å². The van der Waals surface area contributed by atoms with Gasteiger partial charge in [-0.1, -0.05) is 191 Å². The number of para-hydroxylation sites is 4. The Labute approximate surface area is 426 Å². The number of aromatic nitrogens is 2. The summed E-state index contributed by atoms with van der Waals surface area (Å²) in [6, 6.07) is 82.6. The second kappa shape index (κ2) is 22.0. The molecule has 0 saturated carbocycles. The highest BCUT2D eigenvalue weighted by Gasteiger charge is 2.15. The van der Waals surface area contributed by atoms with Crippen molar-refractivity contribution < 1.29 is 15.2 Å². The lowest BCUT2D eigenvalue weighted by atomic mass is 9.80. The van der Waals surface area contributed by atoms with Gasteiger partial charge in [-0.3, -0.25) is 0 Å². The summed E-state index contributed by atoms with van der Waals surface area (Å²) in [4.78, 5) is 0. The predicted molar refractivity (Wildman–Crippen MR) is 300 cm³/mol. The molecule has 9 heteroatoms. The number of aliphatic hydroxyl groups excluding tert-OH is 1. The lowest BCUT2D eigenvalue weighted by molar-refractivity contribution is 0.399. The topological polar surface area (TPSA) is 70.6 Å². The molecule has 0 unspecified atom stereocenters. The number of hydrogen-bond donors (Lipinski definition) is 3.